The number of hydrogen-bond donors (Lipinski definition) is 3. The van der Waals surface area contributed by atoms with Gasteiger partial charge in [0, 0.05) is 35.8 Å². The number of H-pyrrole nitrogens is 1. The van der Waals surface area contributed by atoms with Crippen LogP contribution in [-0.4, -0.2) is 45.1 Å². The first kappa shape index (κ1) is 22.9. The number of phenolic OH excluding ortho intramolecular Hbond substituents is 1. The third-order valence-corrected chi connectivity index (χ3v) is 5.75. The highest BCUT2D eigenvalue weighted by molar-refractivity contribution is 5.91. The molecular formula is C27H26N2O5. The molecule has 3 N–H and O–H groups in total. The van der Waals surface area contributed by atoms with E-state index in [1.165, 1.54) is 6.07 Å². The lowest BCUT2D eigenvalue weighted by molar-refractivity contribution is -0.134. The fourth-order valence-electron chi connectivity index (χ4n) is 3.89. The van der Waals surface area contributed by atoms with E-state index in [-0.39, 0.29) is 36.1 Å². The van der Waals surface area contributed by atoms with Crippen LogP contribution in [-0.2, 0) is 17.8 Å². The number of carbonyl (C=O) groups is 2. The Bertz CT molecular complexity index is 1330. The summed E-state index contributed by atoms with van der Waals surface area (Å²) >= 11 is 0. The molecule has 0 aliphatic heterocycles. The number of amides is 1. The van der Waals surface area contributed by atoms with Crippen molar-refractivity contribution >= 4 is 22.8 Å². The molecule has 1 amide bonds. The highest BCUT2D eigenvalue weighted by atomic mass is 16.5. The Hall–Kier alpha value is -4.26. The number of fused-ring (bicyclic) bond motifs is 1. The van der Waals surface area contributed by atoms with E-state index in [1.807, 2.05) is 37.4 Å². The number of rotatable bonds is 9. The third-order valence-electron chi connectivity index (χ3n) is 5.75. The molecule has 7 heteroatoms. The summed E-state index contributed by atoms with van der Waals surface area (Å²) in [6.45, 7) is 2.12. The van der Waals surface area contributed by atoms with Gasteiger partial charge in [-0.2, -0.15) is 0 Å². The summed E-state index contributed by atoms with van der Waals surface area (Å²) in [6, 6.07) is 19.6. The average molecular weight is 459 g/mol. The van der Waals surface area contributed by atoms with E-state index >= 15 is 0 Å². The number of hydrogen-bond acceptors (Lipinski definition) is 4. The van der Waals surface area contributed by atoms with Crippen molar-refractivity contribution in [3.05, 3.63) is 95.2 Å². The number of nitrogens with zero attached hydrogens (tertiary/aromatic N) is 1. The maximum atomic E-state index is 13.2. The molecule has 0 atom stereocenters. The van der Waals surface area contributed by atoms with Gasteiger partial charge in [0.25, 0.3) is 5.91 Å². The van der Waals surface area contributed by atoms with Gasteiger partial charge in [-0.25, -0.2) is 4.79 Å². The molecule has 0 aliphatic carbocycles. The van der Waals surface area contributed by atoms with Gasteiger partial charge < -0.3 is 24.8 Å². The fraction of sp³-hybridized carbons (Fsp3) is 0.185. The molecule has 0 bridgehead atoms. The van der Waals surface area contributed by atoms with Crippen molar-refractivity contribution in [1.82, 2.24) is 9.88 Å². The second-order valence-electron chi connectivity index (χ2n) is 8.15. The van der Waals surface area contributed by atoms with Crippen LogP contribution in [0, 0.1) is 6.92 Å². The van der Waals surface area contributed by atoms with Crippen molar-refractivity contribution in [3.63, 3.8) is 0 Å². The van der Waals surface area contributed by atoms with Crippen molar-refractivity contribution < 1.29 is 24.5 Å². The number of carboxylic acid groups (broad SMARTS) is 1. The molecule has 0 aliphatic rings. The molecule has 34 heavy (non-hydrogen) atoms. The monoisotopic (exact) mass is 458 g/mol. The lowest BCUT2D eigenvalue weighted by atomic mass is 10.1. The van der Waals surface area contributed by atoms with Crippen molar-refractivity contribution in [3.8, 4) is 11.5 Å². The summed E-state index contributed by atoms with van der Waals surface area (Å²) < 4.78 is 5.66. The van der Waals surface area contributed by atoms with E-state index in [0.717, 1.165) is 22.0 Å². The SMILES string of the molecule is Cc1ccc(C(=O)O)c(OCC(=O)N(CCc2c[nH]c3ccccc23)Cc2ccccc2O)c1. The highest BCUT2D eigenvalue weighted by Gasteiger charge is 2.19. The molecule has 3 aromatic carbocycles. The molecule has 4 rings (SSSR count). The highest BCUT2D eigenvalue weighted by Crippen LogP contribution is 2.23. The Morgan fingerprint density at radius 1 is 1.00 bits per heavy atom. The number of aromatic carboxylic acids is 1. The number of nitrogens with one attached hydrogen (secondary N) is 1. The van der Waals surface area contributed by atoms with Crippen LogP contribution in [0.2, 0.25) is 0 Å². The fourth-order valence-corrected chi connectivity index (χ4v) is 3.89. The molecule has 7 nitrogen and oxygen atoms in total. The maximum absolute atomic E-state index is 13.2. The molecule has 0 radical (unpaired) electrons. The summed E-state index contributed by atoms with van der Waals surface area (Å²) in [4.78, 5) is 29.6. The number of aromatic amines is 1. The Morgan fingerprint density at radius 2 is 1.76 bits per heavy atom. The summed E-state index contributed by atoms with van der Waals surface area (Å²) in [7, 11) is 0. The molecule has 0 saturated carbocycles. The normalized spacial score (nSPS) is 10.9. The summed E-state index contributed by atoms with van der Waals surface area (Å²) in [5.41, 5.74) is 3.57. The average Bonchev–Trinajstić information content (AvgIpc) is 3.24. The topological polar surface area (TPSA) is 103 Å². The molecular weight excluding hydrogens is 432 g/mol. The minimum atomic E-state index is -1.12. The molecule has 0 fully saturated rings. The molecule has 174 valence electrons. The first-order valence-electron chi connectivity index (χ1n) is 11.0. The van der Waals surface area contributed by atoms with E-state index < -0.39 is 5.97 Å². The number of carboxylic acids is 1. The van der Waals surface area contributed by atoms with Crippen molar-refractivity contribution in [2.45, 2.75) is 19.9 Å². The van der Waals surface area contributed by atoms with Gasteiger partial charge >= 0.3 is 5.97 Å². The van der Waals surface area contributed by atoms with Crippen LogP contribution < -0.4 is 4.74 Å². The maximum Gasteiger partial charge on any atom is 0.339 e. The van der Waals surface area contributed by atoms with E-state index in [2.05, 4.69) is 4.98 Å². The van der Waals surface area contributed by atoms with Crippen LogP contribution >= 0.6 is 0 Å². The number of para-hydroxylation sites is 2. The zero-order valence-electron chi connectivity index (χ0n) is 18.8. The number of phenols is 1. The molecule has 1 aromatic heterocycles. The first-order valence-corrected chi connectivity index (χ1v) is 11.0. The number of aromatic nitrogens is 1. The predicted octanol–water partition coefficient (Wildman–Crippen LogP) is 4.53. The summed E-state index contributed by atoms with van der Waals surface area (Å²) in [5.74, 6) is -1.16. The lowest BCUT2D eigenvalue weighted by Crippen LogP contribution is -2.36. The molecule has 0 saturated heterocycles. The molecule has 0 spiro atoms. The van der Waals surface area contributed by atoms with Gasteiger partial charge in [0.1, 0.15) is 17.1 Å². The van der Waals surface area contributed by atoms with E-state index in [0.29, 0.717) is 18.5 Å². The van der Waals surface area contributed by atoms with Gasteiger partial charge in [-0.15, -0.1) is 0 Å². The van der Waals surface area contributed by atoms with Crippen molar-refractivity contribution in [1.29, 1.82) is 0 Å². The van der Waals surface area contributed by atoms with E-state index in [4.69, 9.17) is 4.74 Å². The Balaban J connectivity index is 1.52. The number of aryl methyl sites for hydroxylation is 1. The van der Waals surface area contributed by atoms with Gasteiger partial charge in [0.2, 0.25) is 0 Å². The van der Waals surface area contributed by atoms with Gasteiger partial charge in [0.15, 0.2) is 6.61 Å². The van der Waals surface area contributed by atoms with E-state index in [9.17, 15) is 19.8 Å². The number of benzene rings is 3. The van der Waals surface area contributed by atoms with Gasteiger partial charge in [0.05, 0.1) is 0 Å². The van der Waals surface area contributed by atoms with Gasteiger partial charge in [-0.3, -0.25) is 4.79 Å². The van der Waals surface area contributed by atoms with Gasteiger partial charge in [-0.1, -0.05) is 42.5 Å². The van der Waals surface area contributed by atoms with E-state index in [1.54, 1.807) is 41.3 Å². The van der Waals surface area contributed by atoms with Crippen molar-refractivity contribution in [2.75, 3.05) is 13.2 Å². The van der Waals surface area contributed by atoms with Crippen LogP contribution in [0.5, 0.6) is 11.5 Å². The minimum absolute atomic E-state index is 0.00412. The van der Waals surface area contributed by atoms with Gasteiger partial charge in [-0.05, 0) is 48.7 Å². The Labute approximate surface area is 197 Å². The van der Waals surface area contributed by atoms with Crippen LogP contribution in [0.25, 0.3) is 10.9 Å². The zero-order chi connectivity index (χ0) is 24.1. The zero-order valence-corrected chi connectivity index (χ0v) is 18.8. The Morgan fingerprint density at radius 3 is 2.56 bits per heavy atom. The molecule has 0 unspecified atom stereocenters. The first-order chi connectivity index (χ1) is 16.4. The largest absolute Gasteiger partial charge is 0.508 e. The number of carbonyl (C=O) groups excluding carboxylic acids is 1. The van der Waals surface area contributed by atoms with Crippen LogP contribution in [0.4, 0.5) is 0 Å². The lowest BCUT2D eigenvalue weighted by Gasteiger charge is -2.23. The van der Waals surface area contributed by atoms with Crippen LogP contribution in [0.3, 0.4) is 0 Å². The smallest absolute Gasteiger partial charge is 0.339 e. The summed E-state index contributed by atoms with van der Waals surface area (Å²) in [5, 5.41) is 20.8. The van der Waals surface area contributed by atoms with Crippen LogP contribution in [0.15, 0.2) is 72.9 Å². The number of aromatic hydroxyl groups is 1. The van der Waals surface area contributed by atoms with Crippen LogP contribution in [0.1, 0.15) is 27.0 Å². The minimum Gasteiger partial charge on any atom is -0.508 e. The summed E-state index contributed by atoms with van der Waals surface area (Å²) in [6.07, 6.45) is 2.55. The standard InChI is InChI=1S/C27H26N2O5/c1-18-10-11-22(27(32)33)25(14-18)34-17-26(31)29(16-20-6-2-5-9-24(20)30)13-12-19-15-28-23-8-4-3-7-21(19)23/h2-11,14-15,28,30H,12-13,16-17H2,1H3,(H,32,33). The molecule has 4 aromatic rings. The third kappa shape index (κ3) is 5.20. The second kappa shape index (κ2) is 10.1. The second-order valence-corrected chi connectivity index (χ2v) is 8.15. The number of ether oxygens (including phenoxy) is 1. The predicted molar refractivity (Wildman–Crippen MR) is 129 cm³/mol. The Kier molecular flexibility index (Phi) is 6.82. The molecule has 1 heterocycles. The quantitative estimate of drug-likeness (QED) is 0.342. The van der Waals surface area contributed by atoms with Crippen molar-refractivity contribution in [2.24, 2.45) is 0 Å².